The SMILES string of the molecule is CCC(C)CC(NC)C1CC2CC2C1. The first kappa shape index (κ1) is 10.5. The molecular formula is C13H25N. The molecule has 2 aliphatic carbocycles. The van der Waals surface area contributed by atoms with Gasteiger partial charge >= 0.3 is 0 Å². The van der Waals surface area contributed by atoms with Crippen LogP contribution in [0.25, 0.3) is 0 Å². The van der Waals surface area contributed by atoms with E-state index < -0.39 is 0 Å². The van der Waals surface area contributed by atoms with Crippen LogP contribution in [0.5, 0.6) is 0 Å². The monoisotopic (exact) mass is 195 g/mol. The Hall–Kier alpha value is -0.0400. The summed E-state index contributed by atoms with van der Waals surface area (Å²) in [6, 6.07) is 0.803. The third-order valence-electron chi connectivity index (χ3n) is 4.57. The molecule has 4 unspecified atom stereocenters. The highest BCUT2D eigenvalue weighted by Gasteiger charge is 2.47. The van der Waals surface area contributed by atoms with Gasteiger partial charge in [0, 0.05) is 6.04 Å². The van der Waals surface area contributed by atoms with Gasteiger partial charge in [0.25, 0.3) is 0 Å². The molecule has 2 fully saturated rings. The van der Waals surface area contributed by atoms with Crippen LogP contribution in [0.15, 0.2) is 0 Å². The minimum absolute atomic E-state index is 0.803. The normalized spacial score (nSPS) is 39.2. The average Bonchev–Trinajstić information content (AvgIpc) is 2.82. The van der Waals surface area contributed by atoms with Gasteiger partial charge in [0.05, 0.1) is 0 Å². The summed E-state index contributed by atoms with van der Waals surface area (Å²) in [6.45, 7) is 4.70. The topological polar surface area (TPSA) is 12.0 Å². The third-order valence-corrected chi connectivity index (χ3v) is 4.57. The van der Waals surface area contributed by atoms with E-state index in [1.165, 1.54) is 25.7 Å². The molecule has 2 rings (SSSR count). The van der Waals surface area contributed by atoms with Crippen LogP contribution in [0.1, 0.15) is 46.0 Å². The molecule has 0 aromatic heterocycles. The summed E-state index contributed by atoms with van der Waals surface area (Å²) in [6.07, 6.45) is 7.31. The fourth-order valence-electron chi connectivity index (χ4n) is 3.24. The Morgan fingerprint density at radius 1 is 1.21 bits per heavy atom. The van der Waals surface area contributed by atoms with E-state index in [0.717, 1.165) is 29.7 Å². The predicted molar refractivity (Wildman–Crippen MR) is 61.2 cm³/mol. The van der Waals surface area contributed by atoms with Crippen LogP contribution in [0, 0.1) is 23.7 Å². The zero-order chi connectivity index (χ0) is 10.1. The van der Waals surface area contributed by atoms with E-state index in [0.29, 0.717) is 0 Å². The minimum atomic E-state index is 0.803. The highest BCUT2D eigenvalue weighted by Crippen LogP contribution is 2.55. The predicted octanol–water partition coefficient (Wildman–Crippen LogP) is 3.06. The molecule has 82 valence electrons. The van der Waals surface area contributed by atoms with Crippen molar-refractivity contribution in [2.45, 2.75) is 52.0 Å². The zero-order valence-corrected chi connectivity index (χ0v) is 9.92. The summed E-state index contributed by atoms with van der Waals surface area (Å²) in [4.78, 5) is 0. The third kappa shape index (κ3) is 2.13. The lowest BCUT2D eigenvalue weighted by Crippen LogP contribution is -2.34. The van der Waals surface area contributed by atoms with Crippen molar-refractivity contribution in [3.8, 4) is 0 Å². The molecule has 1 heteroatoms. The van der Waals surface area contributed by atoms with Gasteiger partial charge in [0.15, 0.2) is 0 Å². The van der Waals surface area contributed by atoms with Crippen LogP contribution in [-0.4, -0.2) is 13.1 Å². The van der Waals surface area contributed by atoms with Crippen LogP contribution < -0.4 is 5.32 Å². The molecule has 0 radical (unpaired) electrons. The Morgan fingerprint density at radius 3 is 2.36 bits per heavy atom. The van der Waals surface area contributed by atoms with Gasteiger partial charge in [-0.2, -0.15) is 0 Å². The van der Waals surface area contributed by atoms with Gasteiger partial charge < -0.3 is 5.32 Å². The smallest absolute Gasteiger partial charge is 0.00950 e. The maximum atomic E-state index is 3.55. The number of hydrogen-bond acceptors (Lipinski definition) is 1. The molecule has 4 atom stereocenters. The Bertz CT molecular complexity index is 180. The van der Waals surface area contributed by atoms with Crippen LogP contribution in [0.3, 0.4) is 0 Å². The van der Waals surface area contributed by atoms with Crippen LogP contribution in [-0.2, 0) is 0 Å². The molecule has 0 aromatic carbocycles. The minimum Gasteiger partial charge on any atom is -0.317 e. The molecule has 0 bridgehead atoms. The summed E-state index contributed by atoms with van der Waals surface area (Å²) in [5.41, 5.74) is 0. The van der Waals surface area contributed by atoms with Gasteiger partial charge in [0.2, 0.25) is 0 Å². The van der Waals surface area contributed by atoms with E-state index in [1.807, 2.05) is 0 Å². The van der Waals surface area contributed by atoms with Crippen molar-refractivity contribution in [3.05, 3.63) is 0 Å². The molecule has 1 N–H and O–H groups in total. The Balaban J connectivity index is 1.80. The summed E-state index contributed by atoms with van der Waals surface area (Å²) in [7, 11) is 2.15. The summed E-state index contributed by atoms with van der Waals surface area (Å²) < 4.78 is 0. The van der Waals surface area contributed by atoms with Crippen molar-refractivity contribution in [2.24, 2.45) is 23.7 Å². The molecule has 0 aromatic rings. The maximum absolute atomic E-state index is 3.55. The average molecular weight is 195 g/mol. The highest BCUT2D eigenvalue weighted by atomic mass is 14.9. The number of rotatable bonds is 5. The van der Waals surface area contributed by atoms with Gasteiger partial charge in [0.1, 0.15) is 0 Å². The van der Waals surface area contributed by atoms with Gasteiger partial charge in [-0.05, 0) is 56.4 Å². The van der Waals surface area contributed by atoms with Gasteiger partial charge in [-0.1, -0.05) is 20.3 Å². The lowest BCUT2D eigenvalue weighted by molar-refractivity contribution is 0.295. The van der Waals surface area contributed by atoms with Crippen molar-refractivity contribution in [1.29, 1.82) is 0 Å². The first-order chi connectivity index (χ1) is 6.74. The van der Waals surface area contributed by atoms with E-state index in [-0.39, 0.29) is 0 Å². The molecule has 0 spiro atoms. The van der Waals surface area contributed by atoms with E-state index in [9.17, 15) is 0 Å². The van der Waals surface area contributed by atoms with Crippen molar-refractivity contribution in [3.63, 3.8) is 0 Å². The van der Waals surface area contributed by atoms with Gasteiger partial charge in [-0.3, -0.25) is 0 Å². The summed E-state index contributed by atoms with van der Waals surface area (Å²) >= 11 is 0. The second-order valence-corrected chi connectivity index (χ2v) is 5.63. The number of hydrogen-bond donors (Lipinski definition) is 1. The van der Waals surface area contributed by atoms with Crippen molar-refractivity contribution in [2.75, 3.05) is 7.05 Å². The fourth-order valence-corrected chi connectivity index (χ4v) is 3.24. The highest BCUT2D eigenvalue weighted by molar-refractivity contribution is 4.99. The zero-order valence-electron chi connectivity index (χ0n) is 9.92. The van der Waals surface area contributed by atoms with E-state index in [1.54, 1.807) is 6.42 Å². The molecule has 0 aliphatic heterocycles. The lowest BCUT2D eigenvalue weighted by Gasteiger charge is -2.26. The molecule has 0 saturated heterocycles. The fraction of sp³-hybridized carbons (Fsp3) is 1.00. The lowest BCUT2D eigenvalue weighted by atomic mass is 9.87. The first-order valence-corrected chi connectivity index (χ1v) is 6.41. The second kappa shape index (κ2) is 4.22. The second-order valence-electron chi connectivity index (χ2n) is 5.63. The summed E-state index contributed by atoms with van der Waals surface area (Å²) in [5, 5.41) is 3.55. The van der Waals surface area contributed by atoms with Crippen LogP contribution in [0.4, 0.5) is 0 Å². The number of fused-ring (bicyclic) bond motifs is 1. The Kier molecular flexibility index (Phi) is 3.16. The van der Waals surface area contributed by atoms with Crippen molar-refractivity contribution >= 4 is 0 Å². The van der Waals surface area contributed by atoms with E-state index in [2.05, 4.69) is 26.2 Å². The molecule has 0 heterocycles. The van der Waals surface area contributed by atoms with Crippen molar-refractivity contribution in [1.82, 2.24) is 5.32 Å². The molecule has 14 heavy (non-hydrogen) atoms. The van der Waals surface area contributed by atoms with Gasteiger partial charge in [-0.15, -0.1) is 0 Å². The van der Waals surface area contributed by atoms with Gasteiger partial charge in [-0.25, -0.2) is 0 Å². The molecule has 1 nitrogen and oxygen atoms in total. The maximum Gasteiger partial charge on any atom is 0.00950 e. The molecule has 2 aliphatic rings. The van der Waals surface area contributed by atoms with Crippen molar-refractivity contribution < 1.29 is 0 Å². The Labute approximate surface area is 88.7 Å². The standard InChI is InChI=1S/C13H25N/c1-4-9(2)5-13(14-3)12-7-10-6-11(10)8-12/h9-14H,4-8H2,1-3H3. The molecule has 0 amide bonds. The number of nitrogens with one attached hydrogen (secondary N) is 1. The quantitative estimate of drug-likeness (QED) is 0.711. The largest absolute Gasteiger partial charge is 0.317 e. The van der Waals surface area contributed by atoms with Crippen LogP contribution in [0.2, 0.25) is 0 Å². The van der Waals surface area contributed by atoms with Crippen LogP contribution >= 0.6 is 0 Å². The first-order valence-electron chi connectivity index (χ1n) is 6.41. The Morgan fingerprint density at radius 2 is 1.86 bits per heavy atom. The molecular weight excluding hydrogens is 170 g/mol. The molecule has 2 saturated carbocycles. The van der Waals surface area contributed by atoms with E-state index >= 15 is 0 Å². The van der Waals surface area contributed by atoms with E-state index in [4.69, 9.17) is 0 Å². The summed E-state index contributed by atoms with van der Waals surface area (Å²) in [5.74, 6) is 4.16.